The number of nitriles is 1. The molecule has 0 saturated heterocycles. The van der Waals surface area contributed by atoms with Crippen LogP contribution in [0.2, 0.25) is 6.32 Å². The predicted octanol–water partition coefficient (Wildman–Crippen LogP) is 5.16. The Bertz CT molecular complexity index is 867. The maximum atomic E-state index is 8.67. The average Bonchev–Trinajstić information content (AvgIpc) is 3.20. The predicted molar refractivity (Wildman–Crippen MR) is 124 cm³/mol. The van der Waals surface area contributed by atoms with Crippen LogP contribution in [0.1, 0.15) is 37.1 Å². The van der Waals surface area contributed by atoms with Crippen LogP contribution < -0.4 is 0 Å². The molecule has 0 aliphatic heterocycles. The second kappa shape index (κ2) is 12.4. The molecule has 1 atom stereocenters. The van der Waals surface area contributed by atoms with Gasteiger partial charge in [0.1, 0.15) is 7.85 Å². The van der Waals surface area contributed by atoms with Crippen molar-refractivity contribution in [3.8, 4) is 6.07 Å². The molecule has 1 unspecified atom stereocenters. The van der Waals surface area contributed by atoms with E-state index in [2.05, 4.69) is 97.1 Å². The highest BCUT2D eigenvalue weighted by molar-refractivity contribution is 6.10. The summed E-state index contributed by atoms with van der Waals surface area (Å²) >= 11 is 0. The van der Waals surface area contributed by atoms with E-state index >= 15 is 0 Å². The van der Waals surface area contributed by atoms with Crippen molar-refractivity contribution in [1.82, 2.24) is 9.55 Å². The molecular weight excluding hydrogens is 353 g/mol. The summed E-state index contributed by atoms with van der Waals surface area (Å²) in [5.74, 6) is 0.0600. The van der Waals surface area contributed by atoms with Gasteiger partial charge in [0.25, 0.3) is 0 Å². The number of imidazole rings is 1. The second-order valence-electron chi connectivity index (χ2n) is 7.08. The molecule has 0 spiro atoms. The van der Waals surface area contributed by atoms with E-state index in [9.17, 15) is 0 Å². The molecule has 3 aromatic rings. The minimum Gasteiger partial charge on any atom is -0.333 e. The summed E-state index contributed by atoms with van der Waals surface area (Å²) < 4.78 is 2.07. The van der Waals surface area contributed by atoms with Crippen molar-refractivity contribution in [2.24, 2.45) is 5.92 Å². The lowest BCUT2D eigenvalue weighted by Gasteiger charge is -2.07. The minimum atomic E-state index is 0.0600. The molecule has 1 heterocycles. The largest absolute Gasteiger partial charge is 0.333 e. The topological polar surface area (TPSA) is 41.6 Å². The van der Waals surface area contributed by atoms with Gasteiger partial charge in [0.05, 0.1) is 18.3 Å². The number of rotatable bonds is 7. The maximum Gasteiger partial charge on any atom is 0.106 e. The summed E-state index contributed by atoms with van der Waals surface area (Å²) in [6, 6.07) is 23.3. The molecule has 0 amide bonds. The van der Waals surface area contributed by atoms with E-state index in [1.54, 1.807) is 6.33 Å². The molecule has 0 radical (unpaired) electrons. The summed E-state index contributed by atoms with van der Waals surface area (Å²) in [5, 5.41) is 8.67. The molecule has 0 bridgehead atoms. The van der Waals surface area contributed by atoms with Crippen LogP contribution in [0.3, 0.4) is 0 Å². The normalized spacial score (nSPS) is 10.9. The fraction of sp³-hybridized carbons (Fsp3) is 0.280. The van der Waals surface area contributed by atoms with Crippen LogP contribution in [0.15, 0.2) is 79.3 Å². The Morgan fingerprint density at radius 3 is 2.17 bits per heavy atom. The van der Waals surface area contributed by atoms with Crippen molar-refractivity contribution in [3.63, 3.8) is 0 Å². The summed E-state index contributed by atoms with van der Waals surface area (Å²) in [4.78, 5) is 4.08. The third-order valence-electron chi connectivity index (χ3n) is 4.57. The van der Waals surface area contributed by atoms with E-state index in [-0.39, 0.29) is 5.92 Å². The van der Waals surface area contributed by atoms with Gasteiger partial charge < -0.3 is 4.57 Å². The zero-order valence-electron chi connectivity index (χ0n) is 17.8. The molecule has 148 valence electrons. The number of aryl methyl sites for hydroxylation is 1. The Hall–Kier alpha value is -3.06. The average molecular weight is 383 g/mol. The number of aromatic nitrogens is 2. The van der Waals surface area contributed by atoms with E-state index in [1.807, 2.05) is 13.1 Å². The van der Waals surface area contributed by atoms with Gasteiger partial charge in [-0.25, -0.2) is 4.98 Å². The molecule has 0 aliphatic rings. The molecule has 3 nitrogen and oxygen atoms in total. The molecule has 3 rings (SSSR count). The molecule has 4 heteroatoms. The van der Waals surface area contributed by atoms with Gasteiger partial charge >= 0.3 is 0 Å². The lowest BCUT2D eigenvalue weighted by Crippen LogP contribution is -2.07. The maximum absolute atomic E-state index is 8.67. The lowest BCUT2D eigenvalue weighted by atomic mass is 9.93. The van der Waals surface area contributed by atoms with Crippen LogP contribution in [0.4, 0.5) is 0 Å². The number of hydrogen-bond acceptors (Lipinski definition) is 2. The first-order chi connectivity index (χ1) is 14.2. The second-order valence-corrected chi connectivity index (χ2v) is 7.08. The SMILES string of the molecule is BCC=C(c1ccccc1)c1ccccc1.CCCc1cncn1CC(C)C#N. The van der Waals surface area contributed by atoms with Gasteiger partial charge in [0.2, 0.25) is 0 Å². The van der Waals surface area contributed by atoms with Crippen LogP contribution >= 0.6 is 0 Å². The lowest BCUT2D eigenvalue weighted by molar-refractivity contribution is 0.558. The van der Waals surface area contributed by atoms with E-state index in [4.69, 9.17) is 5.26 Å². The van der Waals surface area contributed by atoms with E-state index < -0.39 is 0 Å². The van der Waals surface area contributed by atoms with Crippen molar-refractivity contribution in [2.75, 3.05) is 0 Å². The molecule has 0 N–H and O–H groups in total. The molecule has 2 aromatic carbocycles. The van der Waals surface area contributed by atoms with Crippen LogP contribution in [0, 0.1) is 17.2 Å². The Morgan fingerprint density at radius 1 is 1.10 bits per heavy atom. The van der Waals surface area contributed by atoms with E-state index in [0.717, 1.165) is 25.7 Å². The first-order valence-electron chi connectivity index (χ1n) is 10.4. The van der Waals surface area contributed by atoms with Crippen molar-refractivity contribution in [2.45, 2.75) is 39.6 Å². The van der Waals surface area contributed by atoms with E-state index in [0.29, 0.717) is 0 Å². The highest BCUT2D eigenvalue weighted by Crippen LogP contribution is 2.23. The summed E-state index contributed by atoms with van der Waals surface area (Å²) in [6.45, 7) is 4.83. The van der Waals surface area contributed by atoms with Gasteiger partial charge in [0, 0.05) is 18.4 Å². The fourth-order valence-corrected chi connectivity index (χ4v) is 3.15. The van der Waals surface area contributed by atoms with Gasteiger partial charge in [-0.1, -0.05) is 86.4 Å². The Kier molecular flexibility index (Phi) is 9.52. The van der Waals surface area contributed by atoms with Crippen LogP contribution in [0.25, 0.3) is 5.57 Å². The minimum absolute atomic E-state index is 0.0600. The highest BCUT2D eigenvalue weighted by Gasteiger charge is 2.05. The number of hydrogen-bond donors (Lipinski definition) is 0. The van der Waals surface area contributed by atoms with E-state index in [1.165, 1.54) is 22.4 Å². The van der Waals surface area contributed by atoms with Gasteiger partial charge in [-0.15, -0.1) is 0 Å². The van der Waals surface area contributed by atoms with Crippen LogP contribution in [-0.4, -0.2) is 17.4 Å². The molecule has 0 fully saturated rings. The third-order valence-corrected chi connectivity index (χ3v) is 4.57. The smallest absolute Gasteiger partial charge is 0.106 e. The van der Waals surface area contributed by atoms with Gasteiger partial charge in [-0.05, 0) is 30.0 Å². The zero-order chi connectivity index (χ0) is 20.9. The molecule has 0 aliphatic carbocycles. The van der Waals surface area contributed by atoms with Crippen LogP contribution in [-0.2, 0) is 13.0 Å². The summed E-state index contributed by atoms with van der Waals surface area (Å²) in [7, 11) is 2.17. The first kappa shape index (κ1) is 22.2. The first-order valence-corrected chi connectivity index (χ1v) is 10.4. The molecule has 29 heavy (non-hydrogen) atoms. The van der Waals surface area contributed by atoms with Crippen LogP contribution in [0.5, 0.6) is 0 Å². The van der Waals surface area contributed by atoms with Crippen molar-refractivity contribution < 1.29 is 0 Å². The fourth-order valence-electron chi connectivity index (χ4n) is 3.15. The Morgan fingerprint density at radius 2 is 1.69 bits per heavy atom. The van der Waals surface area contributed by atoms with Gasteiger partial charge in [-0.3, -0.25) is 0 Å². The quantitative estimate of drug-likeness (QED) is 0.529. The Labute approximate surface area is 176 Å². The zero-order valence-corrected chi connectivity index (χ0v) is 17.8. The monoisotopic (exact) mass is 383 g/mol. The highest BCUT2D eigenvalue weighted by atomic mass is 15.0. The van der Waals surface area contributed by atoms with Crippen molar-refractivity contribution in [3.05, 3.63) is 96.1 Å². The third kappa shape index (κ3) is 7.12. The molecule has 1 aromatic heterocycles. The number of benzene rings is 2. The summed E-state index contributed by atoms with van der Waals surface area (Å²) in [6.07, 6.45) is 9.18. The number of nitrogens with zero attached hydrogens (tertiary/aromatic N) is 3. The van der Waals surface area contributed by atoms with Crippen molar-refractivity contribution in [1.29, 1.82) is 5.26 Å². The summed E-state index contributed by atoms with van der Waals surface area (Å²) in [5.41, 5.74) is 5.12. The number of allylic oxidation sites excluding steroid dienone is 1. The standard InChI is InChI=1S/C15H15B.C10H15N3/c16-12-11-15(13-7-3-1-4-8-13)14-9-5-2-6-10-14;1-3-4-10-6-12-8-13(10)7-9(2)5-11/h1-11H,12,16H2;6,8-9H,3-4,7H2,1-2H3. The molecular formula is C25H30BN3. The van der Waals surface area contributed by atoms with Crippen molar-refractivity contribution >= 4 is 13.4 Å². The van der Waals surface area contributed by atoms with Gasteiger partial charge in [-0.2, -0.15) is 5.26 Å². The van der Waals surface area contributed by atoms with Gasteiger partial charge in [0.15, 0.2) is 0 Å². The Balaban J connectivity index is 0.000000212. The molecule has 0 saturated carbocycles.